The van der Waals surface area contributed by atoms with Crippen LogP contribution in [0.5, 0.6) is 0 Å². The summed E-state index contributed by atoms with van der Waals surface area (Å²) in [6, 6.07) is 0.443. The topological polar surface area (TPSA) is 43.8 Å². The highest BCUT2D eigenvalue weighted by molar-refractivity contribution is 5.73. The summed E-state index contributed by atoms with van der Waals surface area (Å²) in [7, 11) is 6.35. The van der Waals surface area contributed by atoms with E-state index in [-0.39, 0.29) is 5.92 Å². The average Bonchev–Trinajstić information content (AvgIpc) is 2.97. The molecule has 4 unspecified atom stereocenters. The van der Waals surface area contributed by atoms with Gasteiger partial charge in [-0.05, 0) is 58.8 Å². The van der Waals surface area contributed by atoms with Gasteiger partial charge in [-0.25, -0.2) is 0 Å². The zero-order valence-electron chi connectivity index (χ0n) is 11.1. The molecule has 98 valence electrons. The van der Waals surface area contributed by atoms with Crippen LogP contribution in [-0.2, 0) is 4.79 Å². The molecule has 2 fully saturated rings. The number of hydrogen-bond acceptors (Lipinski definition) is 3. The maximum absolute atomic E-state index is 11.0. The summed E-state index contributed by atoms with van der Waals surface area (Å²) < 4.78 is 0. The molecule has 0 aromatic carbocycles. The lowest BCUT2D eigenvalue weighted by Gasteiger charge is -2.38. The molecule has 0 radical (unpaired) electrons. The molecule has 1 heterocycles. The highest BCUT2D eigenvalue weighted by atomic mass is 16.4. The highest BCUT2D eigenvalue weighted by Crippen LogP contribution is 2.46. The molecule has 0 aromatic heterocycles. The highest BCUT2D eigenvalue weighted by Gasteiger charge is 2.51. The molecule has 4 nitrogen and oxygen atoms in total. The monoisotopic (exact) mass is 240 g/mol. The third-order valence-electron chi connectivity index (χ3n) is 4.34. The lowest BCUT2D eigenvalue weighted by molar-refractivity contribution is -0.139. The molecule has 1 saturated heterocycles. The van der Waals surface area contributed by atoms with Crippen molar-refractivity contribution in [3.63, 3.8) is 0 Å². The number of nitrogens with zero attached hydrogens (tertiary/aromatic N) is 2. The minimum absolute atomic E-state index is 0.0883. The first-order chi connectivity index (χ1) is 8.00. The lowest BCUT2D eigenvalue weighted by Crippen LogP contribution is -2.45. The van der Waals surface area contributed by atoms with E-state index in [9.17, 15) is 4.79 Å². The Bertz CT molecular complexity index is 293. The van der Waals surface area contributed by atoms with Gasteiger partial charge in [0.05, 0.1) is 5.92 Å². The van der Waals surface area contributed by atoms with E-state index in [1.54, 1.807) is 0 Å². The second-order valence-corrected chi connectivity index (χ2v) is 5.96. The summed E-state index contributed by atoms with van der Waals surface area (Å²) >= 11 is 0. The molecule has 2 rings (SSSR count). The van der Waals surface area contributed by atoms with Gasteiger partial charge in [0.2, 0.25) is 0 Å². The quantitative estimate of drug-likeness (QED) is 0.795. The summed E-state index contributed by atoms with van der Waals surface area (Å²) in [5.74, 6) is 0.317. The Morgan fingerprint density at radius 1 is 1.47 bits per heavy atom. The van der Waals surface area contributed by atoms with Gasteiger partial charge in [0, 0.05) is 12.6 Å². The number of carbonyl (C=O) groups is 1. The summed E-state index contributed by atoms with van der Waals surface area (Å²) in [4.78, 5) is 15.6. The van der Waals surface area contributed by atoms with Crippen LogP contribution in [0.4, 0.5) is 0 Å². The summed E-state index contributed by atoms with van der Waals surface area (Å²) in [5, 5.41) is 9.08. The van der Waals surface area contributed by atoms with E-state index in [4.69, 9.17) is 5.11 Å². The number of aliphatic carboxylic acids is 1. The van der Waals surface area contributed by atoms with Crippen LogP contribution in [0, 0.1) is 17.8 Å². The number of likely N-dealkylation sites (tertiary alicyclic amines) is 1. The van der Waals surface area contributed by atoms with Crippen LogP contribution in [0.3, 0.4) is 0 Å². The summed E-state index contributed by atoms with van der Waals surface area (Å²) in [6.07, 6.45) is 3.37. The Balaban J connectivity index is 2.00. The first kappa shape index (κ1) is 12.8. The second kappa shape index (κ2) is 4.94. The van der Waals surface area contributed by atoms with Gasteiger partial charge in [-0.15, -0.1) is 0 Å². The first-order valence-electron chi connectivity index (χ1n) is 6.58. The minimum atomic E-state index is -0.606. The Labute approximate surface area is 104 Å². The molecular weight excluding hydrogens is 216 g/mol. The van der Waals surface area contributed by atoms with Crippen molar-refractivity contribution in [3.05, 3.63) is 0 Å². The predicted molar refractivity (Wildman–Crippen MR) is 66.9 cm³/mol. The predicted octanol–water partition coefficient (Wildman–Crippen LogP) is 0.979. The van der Waals surface area contributed by atoms with Crippen molar-refractivity contribution in [2.45, 2.75) is 25.3 Å². The van der Waals surface area contributed by atoms with Crippen molar-refractivity contribution in [2.75, 3.05) is 34.2 Å². The number of piperidine rings is 1. The van der Waals surface area contributed by atoms with Crippen LogP contribution in [0.2, 0.25) is 0 Å². The summed E-state index contributed by atoms with van der Waals surface area (Å²) in [6.45, 7) is 2.30. The van der Waals surface area contributed by atoms with E-state index in [2.05, 4.69) is 30.9 Å². The average molecular weight is 240 g/mol. The first-order valence-corrected chi connectivity index (χ1v) is 6.58. The van der Waals surface area contributed by atoms with Crippen molar-refractivity contribution in [1.82, 2.24) is 9.80 Å². The fourth-order valence-corrected chi connectivity index (χ4v) is 3.52. The number of rotatable bonds is 4. The molecular formula is C13H24N2O2. The molecule has 0 bridgehead atoms. The Morgan fingerprint density at radius 2 is 2.18 bits per heavy atom. The van der Waals surface area contributed by atoms with Crippen LogP contribution in [-0.4, -0.2) is 61.2 Å². The lowest BCUT2D eigenvalue weighted by atomic mass is 9.86. The minimum Gasteiger partial charge on any atom is -0.481 e. The fraction of sp³-hybridized carbons (Fsp3) is 0.923. The van der Waals surface area contributed by atoms with Gasteiger partial charge in [-0.1, -0.05) is 0 Å². The largest absolute Gasteiger partial charge is 0.481 e. The fourth-order valence-electron chi connectivity index (χ4n) is 3.52. The molecule has 0 spiro atoms. The third-order valence-corrected chi connectivity index (χ3v) is 4.34. The molecule has 0 amide bonds. The van der Waals surface area contributed by atoms with E-state index in [1.165, 1.54) is 19.4 Å². The van der Waals surface area contributed by atoms with Gasteiger partial charge < -0.3 is 14.9 Å². The van der Waals surface area contributed by atoms with Gasteiger partial charge >= 0.3 is 5.97 Å². The molecule has 1 aliphatic heterocycles. The molecule has 4 atom stereocenters. The van der Waals surface area contributed by atoms with Crippen LogP contribution < -0.4 is 0 Å². The molecule has 4 heteroatoms. The molecule has 1 N–H and O–H groups in total. The maximum Gasteiger partial charge on any atom is 0.306 e. The van der Waals surface area contributed by atoms with E-state index >= 15 is 0 Å². The SMILES string of the molecule is CN1CCCC(C(C2CC2C(=O)O)N(C)C)C1. The van der Waals surface area contributed by atoms with E-state index in [1.807, 2.05) is 0 Å². The Morgan fingerprint density at radius 3 is 2.65 bits per heavy atom. The van der Waals surface area contributed by atoms with Gasteiger partial charge in [-0.2, -0.15) is 0 Å². The molecule has 17 heavy (non-hydrogen) atoms. The molecule has 2 aliphatic rings. The van der Waals surface area contributed by atoms with Crippen LogP contribution in [0.1, 0.15) is 19.3 Å². The van der Waals surface area contributed by atoms with Gasteiger partial charge in [-0.3, -0.25) is 4.79 Å². The molecule has 1 saturated carbocycles. The van der Waals surface area contributed by atoms with Gasteiger partial charge in [0.1, 0.15) is 0 Å². The third kappa shape index (κ3) is 2.80. The van der Waals surface area contributed by atoms with Crippen molar-refractivity contribution in [3.8, 4) is 0 Å². The summed E-state index contributed by atoms with van der Waals surface area (Å²) in [5.41, 5.74) is 0. The maximum atomic E-state index is 11.0. The zero-order valence-corrected chi connectivity index (χ0v) is 11.1. The van der Waals surface area contributed by atoms with Crippen LogP contribution in [0.15, 0.2) is 0 Å². The second-order valence-electron chi connectivity index (χ2n) is 5.96. The van der Waals surface area contributed by atoms with Gasteiger partial charge in [0.15, 0.2) is 0 Å². The number of carboxylic acids is 1. The van der Waals surface area contributed by atoms with Crippen molar-refractivity contribution >= 4 is 5.97 Å². The van der Waals surface area contributed by atoms with E-state index in [0.29, 0.717) is 17.9 Å². The Kier molecular flexibility index (Phi) is 3.73. The normalized spacial score (nSPS) is 35.9. The van der Waals surface area contributed by atoms with Gasteiger partial charge in [0.25, 0.3) is 0 Å². The van der Waals surface area contributed by atoms with Crippen LogP contribution in [0.25, 0.3) is 0 Å². The van der Waals surface area contributed by atoms with Crippen molar-refractivity contribution in [1.29, 1.82) is 0 Å². The van der Waals surface area contributed by atoms with Crippen molar-refractivity contribution < 1.29 is 9.90 Å². The Hall–Kier alpha value is -0.610. The molecule has 0 aromatic rings. The molecule has 1 aliphatic carbocycles. The smallest absolute Gasteiger partial charge is 0.306 e. The standard InChI is InChI=1S/C13H24N2O2/c1-14(2)12(10-7-11(10)13(16)17)9-5-4-6-15(3)8-9/h9-12H,4-8H2,1-3H3,(H,16,17). The van der Waals surface area contributed by atoms with E-state index in [0.717, 1.165) is 13.0 Å². The van der Waals surface area contributed by atoms with Crippen LogP contribution >= 0.6 is 0 Å². The zero-order chi connectivity index (χ0) is 12.6. The van der Waals surface area contributed by atoms with E-state index < -0.39 is 5.97 Å². The van der Waals surface area contributed by atoms with Crippen molar-refractivity contribution in [2.24, 2.45) is 17.8 Å². The number of carboxylic acid groups (broad SMARTS) is 1. The number of hydrogen-bond donors (Lipinski definition) is 1.